The smallest absolute Gasteiger partial charge is 0.338 e. The molecule has 0 unspecified atom stereocenters. The van der Waals surface area contributed by atoms with Crippen LogP contribution in [0.15, 0.2) is 38.4 Å². The molecule has 0 fully saturated rings. The Kier molecular flexibility index (Phi) is 6.30. The first kappa shape index (κ1) is 21.1. The van der Waals surface area contributed by atoms with Crippen molar-refractivity contribution in [3.8, 4) is 6.07 Å². The second-order valence-corrected chi connectivity index (χ2v) is 5.84. The summed E-state index contributed by atoms with van der Waals surface area (Å²) < 4.78 is 0.999. The van der Waals surface area contributed by atoms with Crippen molar-refractivity contribution in [2.24, 2.45) is 15.4 Å². The Balaban J connectivity index is 2.79. The molecule has 1 heterocycles. The van der Waals surface area contributed by atoms with Crippen LogP contribution < -0.4 is 5.56 Å². The zero-order chi connectivity index (χ0) is 21.7. The summed E-state index contributed by atoms with van der Waals surface area (Å²) in [5, 5.41) is 38.3. The van der Waals surface area contributed by atoms with Gasteiger partial charge in [-0.25, -0.2) is 9.59 Å². The number of azo groups is 1. The van der Waals surface area contributed by atoms with Crippen molar-refractivity contribution in [1.29, 1.82) is 5.26 Å². The summed E-state index contributed by atoms with van der Waals surface area (Å²) in [4.78, 5) is 46.6. The van der Waals surface area contributed by atoms with E-state index in [9.17, 15) is 34.8 Å². The molecule has 0 bridgehead atoms. The Morgan fingerprint density at radius 3 is 2.41 bits per heavy atom. The van der Waals surface area contributed by atoms with Crippen molar-refractivity contribution < 1.29 is 19.8 Å². The average Bonchev–Trinajstić information content (AvgIpc) is 2.68. The zero-order valence-electron chi connectivity index (χ0n) is 15.4. The van der Waals surface area contributed by atoms with Crippen LogP contribution in [0.1, 0.15) is 45.2 Å². The number of pyridine rings is 1. The molecule has 0 spiro atoms. The Labute approximate surface area is 163 Å². The predicted octanol–water partition coefficient (Wildman–Crippen LogP) is 3.65. The summed E-state index contributed by atoms with van der Waals surface area (Å²) in [6.45, 7) is 3.24. The van der Waals surface area contributed by atoms with Crippen molar-refractivity contribution in [2.75, 3.05) is 0 Å². The van der Waals surface area contributed by atoms with E-state index in [4.69, 9.17) is 0 Å². The Hall–Kier alpha value is -4.20. The first-order valence-corrected chi connectivity index (χ1v) is 8.30. The summed E-state index contributed by atoms with van der Waals surface area (Å²) in [6, 6.07) is 5.37. The molecule has 1 aromatic carbocycles. The van der Waals surface area contributed by atoms with Gasteiger partial charge in [0.25, 0.3) is 5.56 Å². The fraction of sp³-hybridized carbons (Fsp3) is 0.222. The largest absolute Gasteiger partial charge is 0.478 e. The molecule has 1 aromatic heterocycles. The van der Waals surface area contributed by atoms with Gasteiger partial charge in [0, 0.05) is 12.1 Å². The van der Waals surface area contributed by atoms with E-state index in [1.165, 1.54) is 19.1 Å². The molecule has 0 radical (unpaired) electrons. The third kappa shape index (κ3) is 3.91. The Morgan fingerprint density at radius 2 is 1.90 bits per heavy atom. The van der Waals surface area contributed by atoms with Crippen LogP contribution in [-0.2, 0) is 6.54 Å². The highest BCUT2D eigenvalue weighted by atomic mass is 16.4. The maximum absolute atomic E-state index is 12.4. The fourth-order valence-corrected chi connectivity index (χ4v) is 2.71. The van der Waals surface area contributed by atoms with E-state index >= 15 is 0 Å². The fourth-order valence-electron chi connectivity index (χ4n) is 2.71. The minimum absolute atomic E-state index is 0.0504. The number of carboxylic acids is 2. The minimum atomic E-state index is -1.53. The van der Waals surface area contributed by atoms with Gasteiger partial charge in [0.15, 0.2) is 0 Å². The molecular weight excluding hydrogens is 382 g/mol. The molecule has 2 aromatic rings. The number of nitriles is 1. The molecule has 0 atom stereocenters. The second-order valence-electron chi connectivity index (χ2n) is 5.84. The van der Waals surface area contributed by atoms with Gasteiger partial charge in [0.2, 0.25) is 5.82 Å². The van der Waals surface area contributed by atoms with E-state index in [0.717, 1.165) is 10.6 Å². The molecular formula is C18H15N5O6. The van der Waals surface area contributed by atoms with E-state index < -0.39 is 28.6 Å². The summed E-state index contributed by atoms with van der Waals surface area (Å²) in [5.74, 6) is -3.35. The molecule has 0 aliphatic heterocycles. The van der Waals surface area contributed by atoms with Crippen LogP contribution in [-0.4, -0.2) is 26.7 Å². The highest BCUT2D eigenvalue weighted by molar-refractivity contribution is 6.05. The van der Waals surface area contributed by atoms with E-state index in [1.807, 2.05) is 0 Å². The molecule has 11 heteroatoms. The first-order chi connectivity index (χ1) is 13.8. The highest BCUT2D eigenvalue weighted by Crippen LogP contribution is 2.34. The van der Waals surface area contributed by atoms with Gasteiger partial charge in [-0.05, 0) is 30.7 Å². The van der Waals surface area contributed by atoms with Crippen LogP contribution in [0.3, 0.4) is 0 Å². The van der Waals surface area contributed by atoms with Gasteiger partial charge in [0.1, 0.15) is 28.6 Å². The van der Waals surface area contributed by atoms with Crippen LogP contribution >= 0.6 is 0 Å². The lowest BCUT2D eigenvalue weighted by atomic mass is 10.1. The summed E-state index contributed by atoms with van der Waals surface area (Å²) in [6.07, 6.45) is 0.469. The van der Waals surface area contributed by atoms with Gasteiger partial charge in [-0.3, -0.25) is 9.36 Å². The lowest BCUT2D eigenvalue weighted by molar-refractivity contribution is 0.0652. The SMILES string of the molecule is CCCn1c(N=O)c(N=Nc2cccc(C(=O)O)c2C(=O)O)c(C)c(C#N)c1=O. The summed E-state index contributed by atoms with van der Waals surface area (Å²) >= 11 is 0. The third-order valence-electron chi connectivity index (χ3n) is 4.05. The topological polar surface area (TPSA) is 175 Å². The molecule has 0 amide bonds. The van der Waals surface area contributed by atoms with Crippen molar-refractivity contribution in [3.05, 3.63) is 55.7 Å². The number of hydrogen-bond acceptors (Lipinski definition) is 8. The average molecular weight is 397 g/mol. The molecule has 11 nitrogen and oxygen atoms in total. The van der Waals surface area contributed by atoms with E-state index in [-0.39, 0.29) is 34.9 Å². The number of rotatable bonds is 7. The van der Waals surface area contributed by atoms with Crippen molar-refractivity contribution in [1.82, 2.24) is 4.57 Å². The van der Waals surface area contributed by atoms with Gasteiger partial charge in [-0.15, -0.1) is 15.1 Å². The predicted molar refractivity (Wildman–Crippen MR) is 100 cm³/mol. The quantitative estimate of drug-likeness (QED) is 0.529. The molecule has 0 saturated heterocycles. The number of nitrogens with zero attached hydrogens (tertiary/aromatic N) is 5. The lowest BCUT2D eigenvalue weighted by Gasteiger charge is -2.12. The maximum Gasteiger partial charge on any atom is 0.338 e. The number of carbonyl (C=O) groups is 2. The Bertz CT molecular complexity index is 1140. The molecule has 2 rings (SSSR count). The molecule has 2 N–H and O–H groups in total. The Morgan fingerprint density at radius 1 is 1.21 bits per heavy atom. The van der Waals surface area contributed by atoms with Crippen LogP contribution in [0.4, 0.5) is 17.2 Å². The number of aromatic nitrogens is 1. The molecule has 0 saturated carbocycles. The van der Waals surface area contributed by atoms with Crippen molar-refractivity contribution >= 4 is 29.1 Å². The van der Waals surface area contributed by atoms with Crippen molar-refractivity contribution in [3.63, 3.8) is 0 Å². The summed E-state index contributed by atoms with van der Waals surface area (Å²) in [5.41, 5.74) is -2.44. The van der Waals surface area contributed by atoms with Crippen LogP contribution in [0, 0.1) is 23.2 Å². The minimum Gasteiger partial charge on any atom is -0.478 e. The summed E-state index contributed by atoms with van der Waals surface area (Å²) in [7, 11) is 0. The molecule has 29 heavy (non-hydrogen) atoms. The van der Waals surface area contributed by atoms with Gasteiger partial charge in [-0.2, -0.15) is 5.26 Å². The number of nitroso groups, excluding NO2 is 1. The molecule has 0 aliphatic carbocycles. The van der Waals surface area contributed by atoms with Gasteiger partial charge in [0.05, 0.1) is 5.56 Å². The van der Waals surface area contributed by atoms with E-state index in [1.54, 1.807) is 13.0 Å². The molecule has 148 valence electrons. The van der Waals surface area contributed by atoms with Crippen LogP contribution in [0.5, 0.6) is 0 Å². The van der Waals surface area contributed by atoms with Gasteiger partial charge in [-0.1, -0.05) is 13.0 Å². The second kappa shape index (κ2) is 8.66. The molecule has 0 aliphatic rings. The number of benzene rings is 1. The van der Waals surface area contributed by atoms with Gasteiger partial charge >= 0.3 is 11.9 Å². The van der Waals surface area contributed by atoms with Gasteiger partial charge < -0.3 is 10.2 Å². The third-order valence-corrected chi connectivity index (χ3v) is 4.05. The zero-order valence-corrected chi connectivity index (χ0v) is 15.4. The standard InChI is InChI=1S/C18H15N5O6/c1-3-7-23-15(22-29)14(9(2)11(8-19)16(23)24)21-20-12-6-4-5-10(17(25)26)13(12)18(27)28/h4-6H,3,7H2,1-2H3,(H,25,26)(H,27,28). The number of hydrogen-bond donors (Lipinski definition) is 2. The van der Waals surface area contributed by atoms with E-state index in [2.05, 4.69) is 15.4 Å². The van der Waals surface area contributed by atoms with Crippen LogP contribution in [0.2, 0.25) is 0 Å². The number of carboxylic acid groups (broad SMARTS) is 2. The van der Waals surface area contributed by atoms with Crippen molar-refractivity contribution in [2.45, 2.75) is 26.8 Å². The lowest BCUT2D eigenvalue weighted by Crippen LogP contribution is -2.23. The van der Waals surface area contributed by atoms with E-state index in [0.29, 0.717) is 6.42 Å². The van der Waals surface area contributed by atoms with Crippen LogP contribution in [0.25, 0.3) is 0 Å². The first-order valence-electron chi connectivity index (χ1n) is 8.30. The normalized spacial score (nSPS) is 10.7. The maximum atomic E-state index is 12.4. The number of aromatic carboxylic acids is 2. The monoisotopic (exact) mass is 397 g/mol. The highest BCUT2D eigenvalue weighted by Gasteiger charge is 2.22.